The van der Waals surface area contributed by atoms with E-state index in [-0.39, 0.29) is 22.2 Å². The second-order valence-corrected chi connectivity index (χ2v) is 4.72. The monoisotopic (exact) mass is 337 g/mol. The van der Waals surface area contributed by atoms with E-state index >= 15 is 0 Å². The van der Waals surface area contributed by atoms with E-state index in [1.54, 1.807) is 6.92 Å². The van der Waals surface area contributed by atoms with E-state index in [0.29, 0.717) is 12.1 Å². The first-order valence-electron chi connectivity index (χ1n) is 6.45. The average Bonchev–Trinajstić information content (AvgIpc) is 2.93. The zero-order valence-corrected chi connectivity index (χ0v) is 12.7. The van der Waals surface area contributed by atoms with Crippen LogP contribution in [-0.2, 0) is 11.4 Å². The highest BCUT2D eigenvalue weighted by atomic mass is 35.5. The summed E-state index contributed by atoms with van der Waals surface area (Å²) in [6, 6.07) is 5.33. The number of amidine groups is 1. The third kappa shape index (κ3) is 3.64. The number of hydrogen-bond donors (Lipinski definition) is 1. The molecule has 2 aromatic rings. The number of nitro benzene ring substituents is 1. The maximum Gasteiger partial charge on any atom is 0.385 e. The summed E-state index contributed by atoms with van der Waals surface area (Å²) in [5.41, 5.74) is 6.03. The van der Waals surface area contributed by atoms with Crippen molar-refractivity contribution in [1.82, 2.24) is 9.78 Å². The highest BCUT2D eigenvalue weighted by molar-refractivity contribution is 6.33. The molecule has 0 unspecified atom stereocenters. The molecule has 1 heterocycles. The van der Waals surface area contributed by atoms with Gasteiger partial charge in [0, 0.05) is 24.2 Å². The Morgan fingerprint density at radius 2 is 2.13 bits per heavy atom. The highest BCUT2D eigenvalue weighted by Crippen LogP contribution is 2.16. The fourth-order valence-electron chi connectivity index (χ4n) is 1.75. The first-order valence-corrected chi connectivity index (χ1v) is 6.82. The second kappa shape index (κ2) is 6.88. The van der Waals surface area contributed by atoms with Gasteiger partial charge in [0.15, 0.2) is 11.5 Å². The van der Waals surface area contributed by atoms with Crippen LogP contribution in [0.1, 0.15) is 23.0 Å². The van der Waals surface area contributed by atoms with Gasteiger partial charge in [0.05, 0.1) is 16.1 Å². The van der Waals surface area contributed by atoms with Gasteiger partial charge >= 0.3 is 5.97 Å². The molecular formula is C13H12ClN5O4. The molecule has 0 atom stereocenters. The van der Waals surface area contributed by atoms with Crippen molar-refractivity contribution in [3.8, 4) is 0 Å². The Balaban J connectivity index is 2.14. The maximum atomic E-state index is 12.0. The number of rotatable bonds is 5. The van der Waals surface area contributed by atoms with Crippen LogP contribution in [0.2, 0.25) is 5.02 Å². The van der Waals surface area contributed by atoms with Gasteiger partial charge in [-0.3, -0.25) is 14.8 Å². The van der Waals surface area contributed by atoms with E-state index in [1.807, 2.05) is 0 Å². The van der Waals surface area contributed by atoms with Crippen LogP contribution in [0.4, 0.5) is 5.69 Å². The number of oxime groups is 1. The number of carbonyl (C=O) groups is 1. The number of halogens is 1. The summed E-state index contributed by atoms with van der Waals surface area (Å²) in [6.45, 7) is 2.22. The van der Waals surface area contributed by atoms with E-state index in [9.17, 15) is 14.9 Å². The molecule has 0 fully saturated rings. The first-order chi connectivity index (χ1) is 10.9. The zero-order chi connectivity index (χ0) is 17.0. The van der Waals surface area contributed by atoms with Gasteiger partial charge in [0.1, 0.15) is 0 Å². The minimum Gasteiger partial charge on any atom is -0.380 e. The van der Waals surface area contributed by atoms with Crippen molar-refractivity contribution < 1.29 is 14.6 Å². The summed E-state index contributed by atoms with van der Waals surface area (Å²) in [5, 5.41) is 18.1. The summed E-state index contributed by atoms with van der Waals surface area (Å²) in [4.78, 5) is 26.8. The normalized spacial score (nSPS) is 11.3. The minimum atomic E-state index is -0.806. The number of benzene rings is 1. The predicted octanol–water partition coefficient (Wildman–Crippen LogP) is 1.94. The molecule has 0 aliphatic rings. The van der Waals surface area contributed by atoms with Crippen LogP contribution in [0.15, 0.2) is 35.6 Å². The van der Waals surface area contributed by atoms with Gasteiger partial charge in [-0.1, -0.05) is 16.8 Å². The molecule has 2 rings (SSSR count). The van der Waals surface area contributed by atoms with Gasteiger partial charge in [0.25, 0.3) is 5.69 Å². The average molecular weight is 338 g/mol. The Labute approximate surface area is 135 Å². The van der Waals surface area contributed by atoms with Gasteiger partial charge in [-0.15, -0.1) is 0 Å². The zero-order valence-electron chi connectivity index (χ0n) is 12.0. The van der Waals surface area contributed by atoms with Crippen LogP contribution in [0.3, 0.4) is 0 Å². The van der Waals surface area contributed by atoms with Gasteiger partial charge < -0.3 is 10.6 Å². The van der Waals surface area contributed by atoms with Gasteiger partial charge in [0.2, 0.25) is 0 Å². The molecule has 10 heteroatoms. The Morgan fingerprint density at radius 1 is 1.48 bits per heavy atom. The smallest absolute Gasteiger partial charge is 0.380 e. The SMILES string of the molecule is CCn1ncc(Cl)c1C(=O)O/N=C(/N)c1ccc([N+](=O)[O-])cc1. The lowest BCUT2D eigenvalue weighted by molar-refractivity contribution is -0.384. The van der Waals surface area contributed by atoms with Crippen LogP contribution < -0.4 is 5.73 Å². The molecular weight excluding hydrogens is 326 g/mol. The fraction of sp³-hybridized carbons (Fsp3) is 0.154. The van der Waals surface area contributed by atoms with Crippen molar-refractivity contribution in [3.63, 3.8) is 0 Å². The molecule has 0 bridgehead atoms. The van der Waals surface area contributed by atoms with E-state index in [0.717, 1.165) is 0 Å². The van der Waals surface area contributed by atoms with Crippen LogP contribution in [-0.4, -0.2) is 26.5 Å². The molecule has 120 valence electrons. The van der Waals surface area contributed by atoms with E-state index in [1.165, 1.54) is 35.1 Å². The molecule has 0 amide bonds. The van der Waals surface area contributed by atoms with E-state index < -0.39 is 10.9 Å². The van der Waals surface area contributed by atoms with Gasteiger partial charge in [-0.2, -0.15) is 5.10 Å². The van der Waals surface area contributed by atoms with Crippen molar-refractivity contribution in [2.45, 2.75) is 13.5 Å². The second-order valence-electron chi connectivity index (χ2n) is 4.32. The molecule has 23 heavy (non-hydrogen) atoms. The summed E-state index contributed by atoms with van der Waals surface area (Å²) < 4.78 is 1.36. The number of aromatic nitrogens is 2. The Bertz CT molecular complexity index is 769. The van der Waals surface area contributed by atoms with Gasteiger partial charge in [-0.25, -0.2) is 4.79 Å². The molecule has 0 saturated heterocycles. The quantitative estimate of drug-likeness (QED) is 0.292. The fourth-order valence-corrected chi connectivity index (χ4v) is 1.96. The Hall–Kier alpha value is -2.94. The lowest BCUT2D eigenvalue weighted by atomic mass is 10.2. The number of hydrogen-bond acceptors (Lipinski definition) is 6. The van der Waals surface area contributed by atoms with Crippen molar-refractivity contribution in [2.75, 3.05) is 0 Å². The number of aryl methyl sites for hydroxylation is 1. The summed E-state index contributed by atoms with van der Waals surface area (Å²) in [5.74, 6) is -0.911. The Kier molecular flexibility index (Phi) is 4.91. The molecule has 0 aliphatic carbocycles. The topological polar surface area (TPSA) is 126 Å². The van der Waals surface area contributed by atoms with Crippen molar-refractivity contribution >= 4 is 29.1 Å². The van der Waals surface area contributed by atoms with Crippen LogP contribution in [0, 0.1) is 10.1 Å². The lowest BCUT2D eigenvalue weighted by Gasteiger charge is -2.03. The van der Waals surface area contributed by atoms with Gasteiger partial charge in [-0.05, 0) is 19.1 Å². The molecule has 9 nitrogen and oxygen atoms in total. The standard InChI is InChI=1S/C13H12ClN5O4/c1-2-18-11(10(14)7-16-18)13(20)23-17-12(15)8-3-5-9(6-4-8)19(21)22/h3-7H,2H2,1H3,(H2,15,17). The van der Waals surface area contributed by atoms with E-state index in [2.05, 4.69) is 10.3 Å². The molecule has 1 aromatic carbocycles. The highest BCUT2D eigenvalue weighted by Gasteiger charge is 2.19. The summed E-state index contributed by atoms with van der Waals surface area (Å²) >= 11 is 5.87. The molecule has 0 saturated carbocycles. The summed E-state index contributed by atoms with van der Waals surface area (Å²) in [7, 11) is 0. The third-order valence-corrected chi connectivity index (χ3v) is 3.17. The van der Waals surface area contributed by atoms with Crippen molar-refractivity contribution in [2.24, 2.45) is 10.9 Å². The molecule has 0 spiro atoms. The predicted molar refractivity (Wildman–Crippen MR) is 82.1 cm³/mol. The lowest BCUT2D eigenvalue weighted by Crippen LogP contribution is -2.17. The Morgan fingerprint density at radius 3 is 2.70 bits per heavy atom. The first kappa shape index (κ1) is 16.4. The van der Waals surface area contributed by atoms with Crippen LogP contribution in [0.5, 0.6) is 0 Å². The molecule has 0 radical (unpaired) electrons. The summed E-state index contributed by atoms with van der Waals surface area (Å²) in [6.07, 6.45) is 1.32. The largest absolute Gasteiger partial charge is 0.385 e. The van der Waals surface area contributed by atoms with E-state index in [4.69, 9.17) is 22.2 Å². The van der Waals surface area contributed by atoms with Crippen LogP contribution >= 0.6 is 11.6 Å². The molecule has 0 aliphatic heterocycles. The number of non-ortho nitro benzene ring substituents is 1. The van der Waals surface area contributed by atoms with Crippen molar-refractivity contribution in [1.29, 1.82) is 0 Å². The van der Waals surface area contributed by atoms with Crippen LogP contribution in [0.25, 0.3) is 0 Å². The number of nitro groups is 1. The number of nitrogens with zero attached hydrogens (tertiary/aromatic N) is 4. The number of nitrogens with two attached hydrogens (primary N) is 1. The number of carbonyl (C=O) groups excluding carboxylic acids is 1. The van der Waals surface area contributed by atoms with Crippen molar-refractivity contribution in [3.05, 3.63) is 56.9 Å². The molecule has 2 N–H and O–H groups in total. The minimum absolute atomic E-state index is 0.0643. The third-order valence-electron chi connectivity index (χ3n) is 2.89. The maximum absolute atomic E-state index is 12.0. The molecule has 1 aromatic heterocycles.